The highest BCUT2D eigenvalue weighted by molar-refractivity contribution is 5.77. The number of hydrogen-bond acceptors (Lipinski definition) is 3. The number of nitrogens with two attached hydrogens (primary N) is 1. The molecule has 0 aliphatic rings. The van der Waals surface area contributed by atoms with E-state index in [9.17, 15) is 9.90 Å². The highest BCUT2D eigenvalue weighted by Gasteiger charge is 2.28. The zero-order valence-corrected chi connectivity index (χ0v) is 13.4. The van der Waals surface area contributed by atoms with Crippen LogP contribution in [0.2, 0.25) is 0 Å². The van der Waals surface area contributed by atoms with E-state index in [0.717, 1.165) is 18.4 Å². The average Bonchev–Trinajstić information content (AvgIpc) is 2.46. The molecule has 1 aromatic rings. The molecule has 0 aliphatic carbocycles. The summed E-state index contributed by atoms with van der Waals surface area (Å²) in [6, 6.07) is 9.54. The second-order valence-electron chi connectivity index (χ2n) is 6.61. The molecule has 0 aliphatic heterocycles. The number of hydrogen-bond donors (Lipinski definition) is 3. The second-order valence-corrected chi connectivity index (χ2v) is 6.61. The zero-order valence-electron chi connectivity index (χ0n) is 13.4. The Kier molecular flexibility index (Phi) is 6.37. The summed E-state index contributed by atoms with van der Waals surface area (Å²) in [5.41, 5.74) is 5.82. The van der Waals surface area contributed by atoms with Crippen molar-refractivity contribution >= 4 is 5.91 Å². The lowest BCUT2D eigenvalue weighted by Gasteiger charge is -2.30. The normalized spacial score (nSPS) is 14.5. The molecular formula is C17H28N2O2. The first-order valence-electron chi connectivity index (χ1n) is 7.50. The molecule has 118 valence electrons. The topological polar surface area (TPSA) is 75.4 Å². The molecule has 0 saturated heterocycles. The van der Waals surface area contributed by atoms with Gasteiger partial charge in [0.1, 0.15) is 0 Å². The van der Waals surface area contributed by atoms with Crippen LogP contribution in [0.25, 0.3) is 0 Å². The Hall–Kier alpha value is -1.39. The van der Waals surface area contributed by atoms with Gasteiger partial charge in [0, 0.05) is 6.42 Å². The van der Waals surface area contributed by atoms with Crippen LogP contribution in [0.3, 0.4) is 0 Å². The second kappa shape index (κ2) is 7.57. The van der Waals surface area contributed by atoms with Gasteiger partial charge in [0.15, 0.2) is 0 Å². The molecule has 4 N–H and O–H groups in total. The summed E-state index contributed by atoms with van der Waals surface area (Å²) in [5, 5.41) is 12.6. The van der Waals surface area contributed by atoms with E-state index in [-0.39, 0.29) is 17.9 Å². The van der Waals surface area contributed by atoms with Crippen LogP contribution in [0, 0.1) is 5.41 Å². The van der Waals surface area contributed by atoms with Crippen molar-refractivity contribution in [2.75, 3.05) is 13.2 Å². The summed E-state index contributed by atoms with van der Waals surface area (Å²) in [7, 11) is 0. The van der Waals surface area contributed by atoms with Gasteiger partial charge in [-0.05, 0) is 37.3 Å². The maximum absolute atomic E-state index is 12.2. The molecule has 0 fully saturated rings. The lowest BCUT2D eigenvalue weighted by molar-refractivity contribution is -0.124. The molecule has 0 saturated carbocycles. The predicted molar refractivity (Wildman–Crippen MR) is 85.7 cm³/mol. The summed E-state index contributed by atoms with van der Waals surface area (Å²) >= 11 is 0. The van der Waals surface area contributed by atoms with Gasteiger partial charge in [0.2, 0.25) is 5.91 Å². The van der Waals surface area contributed by atoms with Crippen molar-refractivity contribution in [1.82, 2.24) is 5.32 Å². The van der Waals surface area contributed by atoms with Crippen molar-refractivity contribution in [2.45, 2.75) is 45.6 Å². The van der Waals surface area contributed by atoms with Crippen LogP contribution in [-0.4, -0.2) is 24.2 Å². The Labute approximate surface area is 127 Å². The molecule has 4 nitrogen and oxygen atoms in total. The standard InChI is InChI=1S/C17H28N2O2/c1-16(2,11-12-18)10-9-15(21)19-17(3,13-20)14-7-5-4-6-8-14/h4-8,20H,9-13,18H2,1-3H3,(H,19,21). The van der Waals surface area contributed by atoms with Crippen molar-refractivity contribution in [2.24, 2.45) is 11.1 Å². The van der Waals surface area contributed by atoms with Gasteiger partial charge in [0.25, 0.3) is 0 Å². The SMILES string of the molecule is CC(C)(CCN)CCC(=O)NC(C)(CO)c1ccccc1. The van der Waals surface area contributed by atoms with Crippen LogP contribution >= 0.6 is 0 Å². The van der Waals surface area contributed by atoms with Gasteiger partial charge in [0.05, 0.1) is 12.1 Å². The average molecular weight is 292 g/mol. The highest BCUT2D eigenvalue weighted by atomic mass is 16.3. The molecular weight excluding hydrogens is 264 g/mol. The van der Waals surface area contributed by atoms with Crippen LogP contribution in [-0.2, 0) is 10.3 Å². The number of carbonyl (C=O) groups is 1. The molecule has 1 rings (SSSR count). The van der Waals surface area contributed by atoms with E-state index in [1.54, 1.807) is 0 Å². The third-order valence-corrected chi connectivity index (χ3v) is 3.99. The molecule has 0 aromatic heterocycles. The van der Waals surface area contributed by atoms with Crippen molar-refractivity contribution in [1.29, 1.82) is 0 Å². The maximum Gasteiger partial charge on any atom is 0.220 e. The van der Waals surface area contributed by atoms with Crippen molar-refractivity contribution < 1.29 is 9.90 Å². The minimum atomic E-state index is -0.740. The van der Waals surface area contributed by atoms with Crippen LogP contribution in [0.15, 0.2) is 30.3 Å². The summed E-state index contributed by atoms with van der Waals surface area (Å²) < 4.78 is 0. The Balaban J connectivity index is 2.63. The lowest BCUT2D eigenvalue weighted by Crippen LogP contribution is -2.46. The third-order valence-electron chi connectivity index (χ3n) is 3.99. The number of rotatable bonds is 8. The lowest BCUT2D eigenvalue weighted by atomic mass is 9.84. The molecule has 1 atom stereocenters. The molecule has 4 heteroatoms. The number of aliphatic hydroxyl groups excluding tert-OH is 1. The van der Waals surface area contributed by atoms with Gasteiger partial charge < -0.3 is 16.2 Å². The monoisotopic (exact) mass is 292 g/mol. The van der Waals surface area contributed by atoms with E-state index in [2.05, 4.69) is 19.2 Å². The fourth-order valence-corrected chi connectivity index (χ4v) is 2.35. The number of aliphatic hydroxyl groups is 1. The van der Waals surface area contributed by atoms with Gasteiger partial charge in [-0.15, -0.1) is 0 Å². The van der Waals surface area contributed by atoms with Crippen molar-refractivity contribution in [3.63, 3.8) is 0 Å². The van der Waals surface area contributed by atoms with E-state index in [4.69, 9.17) is 5.73 Å². The maximum atomic E-state index is 12.2. The van der Waals surface area contributed by atoms with Crippen LogP contribution < -0.4 is 11.1 Å². The van der Waals surface area contributed by atoms with Crippen molar-refractivity contribution in [3.8, 4) is 0 Å². The first kappa shape index (κ1) is 17.7. The van der Waals surface area contributed by atoms with Gasteiger partial charge >= 0.3 is 0 Å². The molecule has 21 heavy (non-hydrogen) atoms. The first-order valence-corrected chi connectivity index (χ1v) is 7.50. The highest BCUT2D eigenvalue weighted by Crippen LogP contribution is 2.26. The van der Waals surface area contributed by atoms with Crippen LogP contribution in [0.5, 0.6) is 0 Å². The molecule has 0 bridgehead atoms. The smallest absolute Gasteiger partial charge is 0.220 e. The van der Waals surface area contributed by atoms with Gasteiger partial charge in [-0.25, -0.2) is 0 Å². The Morgan fingerprint density at radius 3 is 2.33 bits per heavy atom. The molecule has 1 aromatic carbocycles. The van der Waals surface area contributed by atoms with E-state index in [1.165, 1.54) is 0 Å². The third kappa shape index (κ3) is 5.48. The fourth-order valence-electron chi connectivity index (χ4n) is 2.35. The number of carbonyl (C=O) groups excluding carboxylic acids is 1. The molecule has 0 radical (unpaired) electrons. The summed E-state index contributed by atoms with van der Waals surface area (Å²) in [6.45, 7) is 6.58. The molecule has 0 spiro atoms. The molecule has 0 heterocycles. The van der Waals surface area contributed by atoms with Gasteiger partial charge in [-0.1, -0.05) is 44.2 Å². The Morgan fingerprint density at radius 1 is 1.19 bits per heavy atom. The quantitative estimate of drug-likeness (QED) is 0.687. The molecule has 1 unspecified atom stereocenters. The van der Waals surface area contributed by atoms with E-state index in [1.807, 2.05) is 37.3 Å². The van der Waals surface area contributed by atoms with Crippen molar-refractivity contribution in [3.05, 3.63) is 35.9 Å². The first-order chi connectivity index (χ1) is 9.83. The van der Waals surface area contributed by atoms with Gasteiger partial charge in [-0.2, -0.15) is 0 Å². The number of benzene rings is 1. The van der Waals surface area contributed by atoms with E-state index < -0.39 is 5.54 Å². The number of nitrogens with one attached hydrogen (secondary N) is 1. The number of amides is 1. The fraction of sp³-hybridized carbons (Fsp3) is 0.588. The predicted octanol–water partition coefficient (Wildman–Crippen LogP) is 2.17. The largest absolute Gasteiger partial charge is 0.394 e. The summed E-state index contributed by atoms with van der Waals surface area (Å²) in [6.07, 6.45) is 2.12. The Morgan fingerprint density at radius 2 is 1.81 bits per heavy atom. The summed E-state index contributed by atoms with van der Waals surface area (Å²) in [5.74, 6) is -0.0412. The van der Waals surface area contributed by atoms with E-state index in [0.29, 0.717) is 13.0 Å². The van der Waals surface area contributed by atoms with Gasteiger partial charge in [-0.3, -0.25) is 4.79 Å². The van der Waals surface area contributed by atoms with Crippen LogP contribution in [0.1, 0.15) is 45.6 Å². The molecule has 1 amide bonds. The van der Waals surface area contributed by atoms with Crippen LogP contribution in [0.4, 0.5) is 0 Å². The van der Waals surface area contributed by atoms with E-state index >= 15 is 0 Å². The summed E-state index contributed by atoms with van der Waals surface area (Å²) in [4.78, 5) is 12.2. The minimum Gasteiger partial charge on any atom is -0.394 e. The zero-order chi connectivity index (χ0) is 15.9. The Bertz CT molecular complexity index is 445. The minimum absolute atomic E-state index is 0.0412.